The highest BCUT2D eigenvalue weighted by atomic mass is 127. The van der Waals surface area contributed by atoms with E-state index in [0.717, 1.165) is 0 Å². The highest BCUT2D eigenvalue weighted by Crippen LogP contribution is 2.24. The first-order valence-electron chi connectivity index (χ1n) is 4.27. The fraction of sp³-hybridized carbons (Fsp3) is 0. The molecule has 0 amide bonds. The Morgan fingerprint density at radius 3 is 2.33 bits per heavy atom. The molecule has 3 nitrogen and oxygen atoms in total. The number of carbonyl (C=O) groups is 1. The van der Waals surface area contributed by atoms with E-state index in [1.165, 1.54) is 23.9 Å². The predicted octanol–water partition coefficient (Wildman–Crippen LogP) is 3.87. The van der Waals surface area contributed by atoms with Crippen LogP contribution in [0.15, 0.2) is 12.1 Å². The molecule has 18 heavy (non-hydrogen) atoms. The zero-order valence-electron chi connectivity index (χ0n) is 8.53. The summed E-state index contributed by atoms with van der Waals surface area (Å²) < 4.78 is 0. The van der Waals surface area contributed by atoms with Crippen molar-refractivity contribution in [2.24, 2.45) is 0 Å². The van der Waals surface area contributed by atoms with Gasteiger partial charge in [-0.25, -0.2) is 4.79 Å². The number of aromatic carboxylic acids is 1. The Hall–Kier alpha value is -0.230. The lowest BCUT2D eigenvalue weighted by molar-refractivity contribution is 0.0693. The summed E-state index contributed by atoms with van der Waals surface area (Å²) in [4.78, 5) is 11.0. The number of carboxylic acid groups (broad SMARTS) is 1. The molecule has 0 spiro atoms. The van der Waals surface area contributed by atoms with E-state index < -0.39 is 5.97 Å². The molecule has 0 aliphatic rings. The number of hydrogen-bond acceptors (Lipinski definition) is 4. The number of halogens is 2. The van der Waals surface area contributed by atoms with Crippen LogP contribution in [0.1, 0.15) is 21.5 Å². The first-order chi connectivity index (χ1) is 8.60. The molecule has 0 heterocycles. The lowest BCUT2D eigenvalue weighted by Crippen LogP contribution is -1.99. The van der Waals surface area contributed by atoms with Gasteiger partial charge in [-0.05, 0) is 40.5 Å². The minimum atomic E-state index is -1.21. The molecule has 0 fully saturated rings. The van der Waals surface area contributed by atoms with E-state index in [1.807, 2.05) is 42.4 Å². The molecule has 0 aromatic heterocycles. The molecule has 1 aromatic carbocycles. The van der Waals surface area contributed by atoms with Crippen molar-refractivity contribution in [3.8, 4) is 28.1 Å². The van der Waals surface area contributed by atoms with Crippen LogP contribution < -0.4 is 0 Å². The van der Waals surface area contributed by atoms with Crippen LogP contribution in [0.2, 0.25) is 0 Å². The van der Waals surface area contributed by atoms with Gasteiger partial charge in [-0.3, -0.25) is 0 Å². The van der Waals surface area contributed by atoms with Crippen LogP contribution in [-0.2, 0) is 0 Å². The van der Waals surface area contributed by atoms with E-state index in [2.05, 4.69) is 22.3 Å². The molecule has 0 bridgehead atoms. The molecule has 0 aliphatic heterocycles. The van der Waals surface area contributed by atoms with Crippen LogP contribution in [0, 0.1) is 22.3 Å². The molecule has 0 aliphatic carbocycles. The molecular formula is C11H4I2O3S2. The van der Waals surface area contributed by atoms with E-state index in [-0.39, 0.29) is 16.9 Å². The zero-order chi connectivity index (χ0) is 13.5. The van der Waals surface area contributed by atoms with Crippen molar-refractivity contribution in [2.45, 2.75) is 0 Å². The van der Waals surface area contributed by atoms with Crippen LogP contribution in [0.25, 0.3) is 0 Å². The van der Waals surface area contributed by atoms with Crippen molar-refractivity contribution < 1.29 is 15.0 Å². The van der Waals surface area contributed by atoms with Gasteiger partial charge in [-0.1, -0.05) is 11.8 Å². The summed E-state index contributed by atoms with van der Waals surface area (Å²) in [6.45, 7) is 0. The quantitative estimate of drug-likeness (QED) is 0.452. The van der Waals surface area contributed by atoms with Gasteiger partial charge in [0.05, 0.1) is 5.56 Å². The third kappa shape index (κ3) is 4.46. The SMILES string of the molecule is O=C(O)c1cc(C#CSI)cc(C#CSI)c1O. The summed E-state index contributed by atoms with van der Waals surface area (Å²) in [6.07, 6.45) is 0. The monoisotopic (exact) mass is 502 g/mol. The number of phenols is 1. The molecule has 0 saturated carbocycles. The molecule has 0 radical (unpaired) electrons. The number of hydrogen-bond donors (Lipinski definition) is 2. The standard InChI is InChI=1S/C11H4I2O3S2/c12-17-3-1-7-5-8(2-4-18-13)10(14)9(6-7)11(15)16/h5-6,14H,(H,15,16). The average molecular weight is 502 g/mol. The van der Waals surface area contributed by atoms with Crippen molar-refractivity contribution in [1.29, 1.82) is 0 Å². The van der Waals surface area contributed by atoms with E-state index in [9.17, 15) is 9.90 Å². The van der Waals surface area contributed by atoms with Gasteiger partial charge in [0.2, 0.25) is 0 Å². The molecule has 2 N–H and O–H groups in total. The van der Waals surface area contributed by atoms with Crippen molar-refractivity contribution in [3.63, 3.8) is 0 Å². The lowest BCUT2D eigenvalue weighted by Gasteiger charge is -2.03. The van der Waals surface area contributed by atoms with Crippen molar-refractivity contribution in [3.05, 3.63) is 28.8 Å². The Kier molecular flexibility index (Phi) is 7.07. The van der Waals surface area contributed by atoms with Gasteiger partial charge in [-0.2, -0.15) is 0 Å². The minimum absolute atomic E-state index is 0.192. The summed E-state index contributed by atoms with van der Waals surface area (Å²) in [5.74, 6) is 3.95. The topological polar surface area (TPSA) is 57.5 Å². The molecule has 1 aromatic rings. The molecular weight excluding hydrogens is 498 g/mol. The predicted molar refractivity (Wildman–Crippen MR) is 92.0 cm³/mol. The molecule has 0 unspecified atom stereocenters. The van der Waals surface area contributed by atoms with Crippen LogP contribution in [-0.4, -0.2) is 16.2 Å². The molecule has 1 rings (SSSR count). The van der Waals surface area contributed by atoms with Crippen molar-refractivity contribution in [2.75, 3.05) is 0 Å². The Morgan fingerprint density at radius 1 is 1.17 bits per heavy atom. The normalized spacial score (nSPS) is 8.78. The maximum Gasteiger partial charge on any atom is 0.339 e. The lowest BCUT2D eigenvalue weighted by atomic mass is 10.0. The number of benzene rings is 1. The maximum absolute atomic E-state index is 11.0. The largest absolute Gasteiger partial charge is 0.506 e. The second-order valence-corrected chi connectivity index (χ2v) is 6.19. The molecule has 7 heteroatoms. The van der Waals surface area contributed by atoms with Gasteiger partial charge in [0.25, 0.3) is 0 Å². The van der Waals surface area contributed by atoms with Gasteiger partial charge < -0.3 is 10.2 Å². The smallest absolute Gasteiger partial charge is 0.339 e. The van der Waals surface area contributed by atoms with E-state index in [1.54, 1.807) is 6.07 Å². The average Bonchev–Trinajstić information content (AvgIpc) is 2.35. The molecule has 92 valence electrons. The summed E-state index contributed by atoms with van der Waals surface area (Å²) in [5.41, 5.74) is 0.585. The molecule has 0 saturated heterocycles. The van der Waals surface area contributed by atoms with Crippen molar-refractivity contribution in [1.82, 2.24) is 0 Å². The van der Waals surface area contributed by atoms with Gasteiger partial charge in [-0.15, -0.1) is 0 Å². The first-order valence-corrected chi connectivity index (χ1v) is 11.0. The third-order valence-electron chi connectivity index (χ3n) is 1.80. The Bertz CT molecular complexity index is 594. The highest BCUT2D eigenvalue weighted by molar-refractivity contribution is 14.2. The Labute approximate surface area is 137 Å². The Balaban J connectivity index is 3.41. The van der Waals surface area contributed by atoms with Gasteiger partial charge >= 0.3 is 5.97 Å². The second kappa shape index (κ2) is 8.04. The zero-order valence-corrected chi connectivity index (χ0v) is 14.5. The van der Waals surface area contributed by atoms with Gasteiger partial charge in [0, 0.05) is 48.0 Å². The highest BCUT2D eigenvalue weighted by Gasteiger charge is 2.14. The Morgan fingerprint density at radius 2 is 1.78 bits per heavy atom. The minimum Gasteiger partial charge on any atom is -0.506 e. The fourth-order valence-electron chi connectivity index (χ4n) is 1.12. The fourth-order valence-corrected chi connectivity index (χ4v) is 2.08. The summed E-state index contributed by atoms with van der Waals surface area (Å²) >= 11 is 4.01. The summed E-state index contributed by atoms with van der Waals surface area (Å²) in [5, 5.41) is 24.2. The maximum atomic E-state index is 11.0. The van der Waals surface area contributed by atoms with Crippen molar-refractivity contribution >= 4 is 66.2 Å². The van der Waals surface area contributed by atoms with Crippen LogP contribution in [0.4, 0.5) is 0 Å². The van der Waals surface area contributed by atoms with Crippen LogP contribution in [0.5, 0.6) is 5.75 Å². The summed E-state index contributed by atoms with van der Waals surface area (Å²) in [6, 6.07) is 2.90. The van der Waals surface area contributed by atoms with Gasteiger partial charge in [0.1, 0.15) is 11.3 Å². The summed E-state index contributed by atoms with van der Waals surface area (Å²) in [7, 11) is 2.55. The second-order valence-electron chi connectivity index (χ2n) is 2.83. The first kappa shape index (κ1) is 15.8. The number of carboxylic acids is 1. The van der Waals surface area contributed by atoms with Gasteiger partial charge in [0.15, 0.2) is 0 Å². The van der Waals surface area contributed by atoms with Crippen LogP contribution in [0.3, 0.4) is 0 Å². The number of rotatable bonds is 1. The van der Waals surface area contributed by atoms with E-state index in [0.29, 0.717) is 5.56 Å². The van der Waals surface area contributed by atoms with E-state index >= 15 is 0 Å². The molecule has 0 atom stereocenters. The number of aromatic hydroxyl groups is 1. The third-order valence-corrected chi connectivity index (χ3v) is 3.48. The van der Waals surface area contributed by atoms with Crippen LogP contribution >= 0.6 is 60.3 Å². The van der Waals surface area contributed by atoms with E-state index in [4.69, 9.17) is 5.11 Å².